The summed E-state index contributed by atoms with van der Waals surface area (Å²) in [5, 5.41) is 18.0. The number of hydrogen-bond donors (Lipinski definition) is 2. The van der Waals surface area contributed by atoms with Gasteiger partial charge in [0.2, 0.25) is 0 Å². The Kier molecular flexibility index (Phi) is 4.57. The zero-order chi connectivity index (χ0) is 13.0. The molecule has 0 aliphatic carbocycles. The van der Waals surface area contributed by atoms with Crippen molar-refractivity contribution in [1.82, 2.24) is 0 Å². The van der Waals surface area contributed by atoms with Crippen molar-refractivity contribution in [2.45, 2.75) is 25.4 Å². The molecule has 1 aliphatic rings. The predicted octanol–water partition coefficient (Wildman–Crippen LogP) is 0.453. The van der Waals surface area contributed by atoms with Gasteiger partial charge in [-0.15, -0.1) is 0 Å². The van der Waals surface area contributed by atoms with Crippen molar-refractivity contribution in [3.8, 4) is 5.75 Å². The molecule has 2 N–H and O–H groups in total. The highest BCUT2D eigenvalue weighted by atomic mass is 19.1. The lowest BCUT2D eigenvalue weighted by Crippen LogP contribution is -2.29. The highest BCUT2D eigenvalue weighted by Gasteiger charge is 2.17. The maximum Gasteiger partial charge on any atom is 0.488 e. The zero-order valence-electron chi connectivity index (χ0n) is 10.0. The van der Waals surface area contributed by atoms with Gasteiger partial charge >= 0.3 is 7.12 Å². The first kappa shape index (κ1) is 13.3. The van der Waals surface area contributed by atoms with Crippen molar-refractivity contribution in [2.24, 2.45) is 0 Å². The summed E-state index contributed by atoms with van der Waals surface area (Å²) in [5.74, 6) is -0.467. The maximum atomic E-state index is 13.4. The van der Waals surface area contributed by atoms with E-state index in [9.17, 15) is 4.39 Å². The van der Waals surface area contributed by atoms with E-state index in [2.05, 4.69) is 0 Å². The Balaban J connectivity index is 1.89. The monoisotopic (exact) mass is 254 g/mol. The Labute approximate surface area is 105 Å². The van der Waals surface area contributed by atoms with Gasteiger partial charge in [0.15, 0.2) is 11.6 Å². The summed E-state index contributed by atoms with van der Waals surface area (Å²) >= 11 is 0. The second kappa shape index (κ2) is 6.18. The molecule has 0 bridgehead atoms. The minimum Gasteiger partial charge on any atom is -0.490 e. The van der Waals surface area contributed by atoms with E-state index in [1.807, 2.05) is 0 Å². The molecule has 2 rings (SSSR count). The van der Waals surface area contributed by atoms with Gasteiger partial charge in [-0.05, 0) is 30.4 Å². The van der Waals surface area contributed by atoms with Crippen LogP contribution < -0.4 is 10.2 Å². The van der Waals surface area contributed by atoms with E-state index in [1.165, 1.54) is 12.1 Å². The summed E-state index contributed by atoms with van der Waals surface area (Å²) in [7, 11) is -1.62. The van der Waals surface area contributed by atoms with Gasteiger partial charge in [0.1, 0.15) is 0 Å². The molecule has 98 valence electrons. The van der Waals surface area contributed by atoms with Crippen LogP contribution in [0.15, 0.2) is 18.2 Å². The molecule has 0 saturated carbocycles. The molecule has 4 nitrogen and oxygen atoms in total. The Morgan fingerprint density at radius 3 is 2.94 bits per heavy atom. The van der Waals surface area contributed by atoms with Crippen LogP contribution in [-0.4, -0.2) is 36.5 Å². The van der Waals surface area contributed by atoms with Crippen LogP contribution in [0, 0.1) is 5.82 Å². The standard InChI is InChI=1S/C12H16BFO4/c14-11-4-3-9(13(15)16)8-12(11)18-7-5-10-2-1-6-17-10/h3-4,8,10,15-16H,1-2,5-7H2. The van der Waals surface area contributed by atoms with Gasteiger partial charge in [0.05, 0.1) is 12.7 Å². The van der Waals surface area contributed by atoms with Crippen LogP contribution in [0.1, 0.15) is 19.3 Å². The first-order valence-corrected chi connectivity index (χ1v) is 6.07. The fraction of sp³-hybridized carbons (Fsp3) is 0.500. The van der Waals surface area contributed by atoms with E-state index in [-0.39, 0.29) is 17.3 Å². The minimum absolute atomic E-state index is 0.0404. The van der Waals surface area contributed by atoms with Gasteiger partial charge in [-0.1, -0.05) is 6.07 Å². The van der Waals surface area contributed by atoms with Crippen molar-refractivity contribution in [1.29, 1.82) is 0 Å². The van der Waals surface area contributed by atoms with Gasteiger partial charge in [-0.3, -0.25) is 0 Å². The topological polar surface area (TPSA) is 58.9 Å². The third-order valence-electron chi connectivity index (χ3n) is 2.97. The van der Waals surface area contributed by atoms with E-state index in [4.69, 9.17) is 19.5 Å². The van der Waals surface area contributed by atoms with E-state index >= 15 is 0 Å². The average molecular weight is 254 g/mol. The van der Waals surface area contributed by atoms with Gasteiger partial charge in [0, 0.05) is 13.0 Å². The molecule has 1 saturated heterocycles. The van der Waals surface area contributed by atoms with Crippen LogP contribution in [0.3, 0.4) is 0 Å². The molecular weight excluding hydrogens is 238 g/mol. The normalized spacial score (nSPS) is 18.9. The van der Waals surface area contributed by atoms with Crippen molar-refractivity contribution in [3.05, 3.63) is 24.0 Å². The summed E-state index contributed by atoms with van der Waals surface area (Å²) in [6.45, 7) is 1.14. The van der Waals surface area contributed by atoms with Crippen LogP contribution in [0.2, 0.25) is 0 Å². The summed E-state index contributed by atoms with van der Waals surface area (Å²) < 4.78 is 24.2. The molecule has 0 aromatic heterocycles. The van der Waals surface area contributed by atoms with Crippen LogP contribution in [0.25, 0.3) is 0 Å². The number of ether oxygens (including phenoxy) is 2. The number of halogens is 1. The second-order valence-electron chi connectivity index (χ2n) is 4.34. The molecule has 0 spiro atoms. The van der Waals surface area contributed by atoms with Crippen molar-refractivity contribution in [2.75, 3.05) is 13.2 Å². The van der Waals surface area contributed by atoms with E-state index < -0.39 is 12.9 Å². The first-order chi connectivity index (χ1) is 8.66. The quantitative estimate of drug-likeness (QED) is 0.749. The van der Waals surface area contributed by atoms with Crippen LogP contribution >= 0.6 is 0 Å². The molecule has 1 atom stereocenters. The maximum absolute atomic E-state index is 13.4. The van der Waals surface area contributed by atoms with Crippen molar-refractivity contribution in [3.63, 3.8) is 0 Å². The Morgan fingerprint density at radius 2 is 2.28 bits per heavy atom. The molecule has 1 aromatic rings. The molecular formula is C12H16BFO4. The molecule has 1 aromatic carbocycles. The van der Waals surface area contributed by atoms with Crippen LogP contribution in [-0.2, 0) is 4.74 Å². The summed E-state index contributed by atoms with van der Waals surface area (Å²) in [6, 6.07) is 3.78. The number of benzene rings is 1. The number of rotatable bonds is 5. The van der Waals surface area contributed by atoms with E-state index in [0.29, 0.717) is 13.0 Å². The van der Waals surface area contributed by atoms with Gasteiger partial charge < -0.3 is 19.5 Å². The molecule has 1 unspecified atom stereocenters. The lowest BCUT2D eigenvalue weighted by molar-refractivity contribution is 0.0897. The summed E-state index contributed by atoms with van der Waals surface area (Å²) in [6.07, 6.45) is 2.98. The molecule has 1 heterocycles. The Bertz CT molecular complexity index is 394. The molecule has 0 amide bonds. The zero-order valence-corrected chi connectivity index (χ0v) is 10.0. The molecule has 6 heteroatoms. The summed E-state index contributed by atoms with van der Waals surface area (Å²) in [4.78, 5) is 0. The smallest absolute Gasteiger partial charge is 0.488 e. The van der Waals surface area contributed by atoms with Gasteiger partial charge in [0.25, 0.3) is 0 Å². The summed E-state index contributed by atoms with van der Waals surface area (Å²) in [5.41, 5.74) is 0.212. The Hall–Kier alpha value is -1.11. The second-order valence-corrected chi connectivity index (χ2v) is 4.34. The first-order valence-electron chi connectivity index (χ1n) is 6.07. The predicted molar refractivity (Wildman–Crippen MR) is 65.3 cm³/mol. The Morgan fingerprint density at radius 1 is 1.44 bits per heavy atom. The van der Waals surface area contributed by atoms with Gasteiger partial charge in [-0.2, -0.15) is 0 Å². The molecule has 0 radical (unpaired) electrons. The molecule has 1 aliphatic heterocycles. The molecule has 1 fully saturated rings. The van der Waals surface area contributed by atoms with Crippen LogP contribution in [0.4, 0.5) is 4.39 Å². The third kappa shape index (κ3) is 3.44. The lowest BCUT2D eigenvalue weighted by Gasteiger charge is -2.12. The average Bonchev–Trinajstić information content (AvgIpc) is 2.84. The van der Waals surface area contributed by atoms with E-state index in [1.54, 1.807) is 0 Å². The van der Waals surface area contributed by atoms with E-state index in [0.717, 1.165) is 25.5 Å². The highest BCUT2D eigenvalue weighted by molar-refractivity contribution is 6.58. The van der Waals surface area contributed by atoms with Crippen molar-refractivity contribution >= 4 is 12.6 Å². The fourth-order valence-corrected chi connectivity index (χ4v) is 1.96. The third-order valence-corrected chi connectivity index (χ3v) is 2.97. The number of hydrogen-bond acceptors (Lipinski definition) is 4. The lowest BCUT2D eigenvalue weighted by atomic mass is 9.80. The largest absolute Gasteiger partial charge is 0.490 e. The fourth-order valence-electron chi connectivity index (χ4n) is 1.96. The highest BCUT2D eigenvalue weighted by Crippen LogP contribution is 2.18. The van der Waals surface area contributed by atoms with Gasteiger partial charge in [-0.25, -0.2) is 4.39 Å². The SMILES string of the molecule is OB(O)c1ccc(F)c(OCCC2CCCO2)c1. The van der Waals surface area contributed by atoms with Crippen LogP contribution in [0.5, 0.6) is 5.75 Å². The minimum atomic E-state index is -1.62. The molecule has 18 heavy (non-hydrogen) atoms. The van der Waals surface area contributed by atoms with Crippen molar-refractivity contribution < 1.29 is 23.9 Å².